The number of primary sulfonamides is 1. The van der Waals surface area contributed by atoms with Crippen molar-refractivity contribution in [3.8, 4) is 5.82 Å². The molecule has 9 heteroatoms. The number of hydrogen-bond donors (Lipinski definition) is 2. The van der Waals surface area contributed by atoms with Gasteiger partial charge in [0.05, 0.1) is 16.8 Å². The molecule has 136 valence electrons. The van der Waals surface area contributed by atoms with E-state index in [9.17, 15) is 8.42 Å². The van der Waals surface area contributed by atoms with Crippen LogP contribution in [0.3, 0.4) is 0 Å². The number of hydrogen-bond acceptors (Lipinski definition) is 6. The van der Waals surface area contributed by atoms with E-state index in [4.69, 9.17) is 9.66 Å². The highest BCUT2D eigenvalue weighted by molar-refractivity contribution is 7.89. The number of aromatic nitrogens is 2. The molecule has 0 atom stereocenters. The van der Waals surface area contributed by atoms with Gasteiger partial charge in [-0.05, 0) is 51.1 Å². The lowest BCUT2D eigenvalue weighted by molar-refractivity contribution is 0.394. The standard InChI is InChI=1S/C17H19N5O3S/c1-11-8-14(13(3)22(11)17-9-12(2)25-21-17)10-19-20-15-4-6-16(7-5-15)26(18,23)24/h4-10,20H,1-3H3,(H2,18,23,24)/b19-10+. The molecular weight excluding hydrogens is 354 g/mol. The van der Waals surface area contributed by atoms with E-state index in [2.05, 4.69) is 15.7 Å². The minimum atomic E-state index is -3.70. The number of anilines is 1. The van der Waals surface area contributed by atoms with Crippen LogP contribution in [0.2, 0.25) is 0 Å². The van der Waals surface area contributed by atoms with Crippen LogP contribution in [-0.4, -0.2) is 24.4 Å². The van der Waals surface area contributed by atoms with E-state index < -0.39 is 10.0 Å². The Morgan fingerprint density at radius 1 is 1.19 bits per heavy atom. The summed E-state index contributed by atoms with van der Waals surface area (Å²) in [7, 11) is -3.70. The van der Waals surface area contributed by atoms with Crippen LogP contribution in [0, 0.1) is 20.8 Å². The largest absolute Gasteiger partial charge is 0.360 e. The summed E-state index contributed by atoms with van der Waals surface area (Å²) in [5.41, 5.74) is 6.42. The van der Waals surface area contributed by atoms with Crippen LogP contribution in [0.4, 0.5) is 5.69 Å². The summed E-state index contributed by atoms with van der Waals surface area (Å²) in [5.74, 6) is 1.47. The smallest absolute Gasteiger partial charge is 0.238 e. The van der Waals surface area contributed by atoms with Crippen LogP contribution >= 0.6 is 0 Å². The number of nitrogens with two attached hydrogens (primary N) is 1. The van der Waals surface area contributed by atoms with Gasteiger partial charge in [0.15, 0.2) is 5.82 Å². The lowest BCUT2D eigenvalue weighted by Gasteiger charge is -2.04. The van der Waals surface area contributed by atoms with Gasteiger partial charge in [-0.1, -0.05) is 5.16 Å². The second-order valence-electron chi connectivity index (χ2n) is 5.90. The molecule has 0 fully saturated rings. The minimum Gasteiger partial charge on any atom is -0.360 e. The van der Waals surface area contributed by atoms with Gasteiger partial charge < -0.3 is 4.52 Å². The summed E-state index contributed by atoms with van der Waals surface area (Å²) < 4.78 is 29.6. The third-order valence-electron chi connectivity index (χ3n) is 3.90. The molecule has 3 rings (SSSR count). The number of rotatable bonds is 5. The van der Waals surface area contributed by atoms with E-state index in [1.54, 1.807) is 18.3 Å². The molecule has 3 aromatic rings. The summed E-state index contributed by atoms with van der Waals surface area (Å²) in [6.45, 7) is 5.80. The SMILES string of the molecule is Cc1cc(-n2c(C)cc(/C=N/Nc3ccc(S(N)(=O)=O)cc3)c2C)no1. The molecule has 0 unspecified atom stereocenters. The van der Waals surface area contributed by atoms with E-state index in [-0.39, 0.29) is 4.90 Å². The van der Waals surface area contributed by atoms with Crippen molar-refractivity contribution >= 4 is 21.9 Å². The first-order valence-electron chi connectivity index (χ1n) is 7.80. The Hall–Kier alpha value is -2.91. The third kappa shape index (κ3) is 3.68. The molecule has 2 heterocycles. The van der Waals surface area contributed by atoms with Gasteiger partial charge in [0, 0.05) is 23.0 Å². The summed E-state index contributed by atoms with van der Waals surface area (Å²) in [5, 5.41) is 13.3. The van der Waals surface area contributed by atoms with E-state index in [0.717, 1.165) is 28.5 Å². The Kier molecular flexibility index (Phi) is 4.66. The molecule has 0 aliphatic heterocycles. The molecule has 3 N–H and O–H groups in total. The van der Waals surface area contributed by atoms with Crippen LogP contribution in [0.5, 0.6) is 0 Å². The average Bonchev–Trinajstić information content (AvgIpc) is 3.10. The Bertz CT molecular complexity index is 1060. The Labute approximate surface area is 151 Å². The zero-order valence-corrected chi connectivity index (χ0v) is 15.4. The second kappa shape index (κ2) is 6.77. The molecule has 0 saturated heterocycles. The first-order chi connectivity index (χ1) is 12.3. The predicted octanol–water partition coefficient (Wildman–Crippen LogP) is 2.48. The molecule has 0 aliphatic carbocycles. The Morgan fingerprint density at radius 2 is 1.88 bits per heavy atom. The fourth-order valence-corrected chi connectivity index (χ4v) is 3.14. The van der Waals surface area contributed by atoms with Crippen molar-refractivity contribution in [3.05, 3.63) is 59.1 Å². The lowest BCUT2D eigenvalue weighted by atomic mass is 10.3. The van der Waals surface area contributed by atoms with Crippen LogP contribution in [0.15, 0.2) is 50.9 Å². The third-order valence-corrected chi connectivity index (χ3v) is 4.82. The van der Waals surface area contributed by atoms with E-state index >= 15 is 0 Å². The highest BCUT2D eigenvalue weighted by Gasteiger charge is 2.12. The Morgan fingerprint density at radius 3 is 2.46 bits per heavy atom. The van der Waals surface area contributed by atoms with E-state index in [0.29, 0.717) is 5.69 Å². The number of nitrogens with one attached hydrogen (secondary N) is 1. The van der Waals surface area contributed by atoms with Crippen molar-refractivity contribution in [2.24, 2.45) is 10.2 Å². The fourth-order valence-electron chi connectivity index (χ4n) is 2.63. The van der Waals surface area contributed by atoms with Gasteiger partial charge in [0.1, 0.15) is 5.76 Å². The number of hydrazone groups is 1. The molecular formula is C17H19N5O3S. The van der Waals surface area contributed by atoms with Gasteiger partial charge in [0.25, 0.3) is 0 Å². The highest BCUT2D eigenvalue weighted by Crippen LogP contribution is 2.19. The molecule has 0 radical (unpaired) electrons. The maximum absolute atomic E-state index is 11.2. The maximum atomic E-state index is 11.2. The number of nitrogens with zero attached hydrogens (tertiary/aromatic N) is 3. The molecule has 0 saturated carbocycles. The molecule has 0 aliphatic rings. The van der Waals surface area contributed by atoms with Gasteiger partial charge >= 0.3 is 0 Å². The van der Waals surface area contributed by atoms with Crippen molar-refractivity contribution in [2.75, 3.05) is 5.43 Å². The minimum absolute atomic E-state index is 0.0541. The summed E-state index contributed by atoms with van der Waals surface area (Å²) in [6, 6.07) is 9.90. The number of benzene rings is 1. The maximum Gasteiger partial charge on any atom is 0.238 e. The first-order valence-corrected chi connectivity index (χ1v) is 9.35. The average molecular weight is 373 g/mol. The van der Waals surface area contributed by atoms with Crippen LogP contribution in [-0.2, 0) is 10.0 Å². The first kappa shape index (κ1) is 17.9. The van der Waals surface area contributed by atoms with Crippen molar-refractivity contribution in [2.45, 2.75) is 25.7 Å². The number of aryl methyl sites for hydroxylation is 2. The van der Waals surface area contributed by atoms with E-state index in [1.807, 2.05) is 37.5 Å². The number of sulfonamides is 1. The molecule has 8 nitrogen and oxygen atoms in total. The molecule has 0 bridgehead atoms. The molecule has 2 aromatic heterocycles. The van der Waals surface area contributed by atoms with Gasteiger partial charge in [-0.15, -0.1) is 0 Å². The van der Waals surface area contributed by atoms with Gasteiger partial charge in [0.2, 0.25) is 10.0 Å². The molecule has 0 spiro atoms. The zero-order valence-electron chi connectivity index (χ0n) is 14.6. The molecule has 0 amide bonds. The van der Waals surface area contributed by atoms with Gasteiger partial charge in [-0.3, -0.25) is 9.99 Å². The van der Waals surface area contributed by atoms with Crippen molar-refractivity contribution in [3.63, 3.8) is 0 Å². The van der Waals surface area contributed by atoms with Crippen LogP contribution < -0.4 is 10.6 Å². The quantitative estimate of drug-likeness (QED) is 0.526. The summed E-state index contributed by atoms with van der Waals surface area (Å²) in [4.78, 5) is 0.0541. The summed E-state index contributed by atoms with van der Waals surface area (Å²) >= 11 is 0. The zero-order chi connectivity index (χ0) is 18.9. The van der Waals surface area contributed by atoms with Crippen molar-refractivity contribution in [1.29, 1.82) is 0 Å². The molecule has 26 heavy (non-hydrogen) atoms. The topological polar surface area (TPSA) is 116 Å². The fraction of sp³-hybridized carbons (Fsp3) is 0.176. The molecule has 1 aromatic carbocycles. The van der Waals surface area contributed by atoms with Crippen LogP contribution in [0.1, 0.15) is 22.7 Å². The highest BCUT2D eigenvalue weighted by atomic mass is 32.2. The van der Waals surface area contributed by atoms with Crippen molar-refractivity contribution in [1.82, 2.24) is 9.72 Å². The monoisotopic (exact) mass is 373 g/mol. The second-order valence-corrected chi connectivity index (χ2v) is 7.46. The Balaban J connectivity index is 1.77. The van der Waals surface area contributed by atoms with Gasteiger partial charge in [-0.2, -0.15) is 5.10 Å². The predicted molar refractivity (Wildman–Crippen MR) is 99.1 cm³/mol. The van der Waals surface area contributed by atoms with E-state index in [1.165, 1.54) is 12.1 Å². The van der Waals surface area contributed by atoms with Crippen molar-refractivity contribution < 1.29 is 12.9 Å². The summed E-state index contributed by atoms with van der Waals surface area (Å²) in [6.07, 6.45) is 1.69. The lowest BCUT2D eigenvalue weighted by Crippen LogP contribution is -2.11. The van der Waals surface area contributed by atoms with Gasteiger partial charge in [-0.25, -0.2) is 13.6 Å². The normalized spacial score (nSPS) is 12.0. The van der Waals surface area contributed by atoms with Crippen LogP contribution in [0.25, 0.3) is 5.82 Å².